The van der Waals surface area contributed by atoms with Crippen LogP contribution in [0.5, 0.6) is 5.75 Å². The molecule has 17 heteroatoms. The standard InChI is InChI=1S/C51H60F2N5O8PS/c1-31(50(62)65-41-19-22-64-30-41)55-67(63,66-40-11-7-4-8-12-40)46(53)33-13-18-44-34(23-33)24-45(68-44)47(59)54-42-16-14-37(56(2)39-25-36(52)26-39)27-38-15-17-43(58(38)48(42)60)49(61)57-29-35(28-51(57)20-21-51)32-9-5-3-6-10-32/h3-13,18,23-24,31,35-39,41-43,46H,14-17,19-22,25-30H2,1-2H3,(H,54,59)(H,55,63)/t31-,35+,36?,37-,38+,39?,41-,42-,43-,46+,67?/m0/s1. The Morgan fingerprint density at radius 1 is 0.941 bits per heavy atom. The molecule has 6 aliphatic rings. The van der Waals surface area contributed by atoms with Gasteiger partial charge in [-0.05, 0) is 125 Å². The average Bonchev–Trinajstić information content (AvgIpc) is 3.76. The second-order valence-electron chi connectivity index (χ2n) is 19.9. The van der Waals surface area contributed by atoms with Crippen molar-refractivity contribution < 1.29 is 46.5 Å². The van der Waals surface area contributed by atoms with Gasteiger partial charge in [-0.2, -0.15) is 0 Å². The number of hydrogen-bond acceptors (Lipinski definition) is 10. The molecule has 5 heterocycles. The van der Waals surface area contributed by atoms with E-state index in [1.54, 1.807) is 47.4 Å². The van der Waals surface area contributed by atoms with Gasteiger partial charge in [0.05, 0.1) is 18.1 Å². The Morgan fingerprint density at radius 2 is 1.69 bits per heavy atom. The van der Waals surface area contributed by atoms with Gasteiger partial charge in [-0.1, -0.05) is 54.6 Å². The van der Waals surface area contributed by atoms with Crippen molar-refractivity contribution in [3.05, 3.63) is 101 Å². The quantitative estimate of drug-likeness (QED) is 0.0933. The molecule has 68 heavy (non-hydrogen) atoms. The van der Waals surface area contributed by atoms with Crippen LogP contribution in [0.4, 0.5) is 8.78 Å². The minimum absolute atomic E-state index is 0.00605. The maximum absolute atomic E-state index is 16.8. The van der Waals surface area contributed by atoms with E-state index in [-0.39, 0.29) is 59.3 Å². The number of nitrogens with zero attached hydrogens (tertiary/aromatic N) is 3. The van der Waals surface area contributed by atoms with Crippen molar-refractivity contribution in [2.45, 2.75) is 143 Å². The lowest BCUT2D eigenvalue weighted by molar-refractivity contribution is -0.150. The van der Waals surface area contributed by atoms with E-state index in [2.05, 4.69) is 32.3 Å². The molecule has 0 radical (unpaired) electrons. The second kappa shape index (κ2) is 19.2. The number of thiophene rings is 1. The predicted octanol–water partition coefficient (Wildman–Crippen LogP) is 8.44. The molecule has 3 aromatic carbocycles. The van der Waals surface area contributed by atoms with E-state index in [1.165, 1.54) is 36.0 Å². The average molecular weight is 972 g/mol. The summed E-state index contributed by atoms with van der Waals surface area (Å²) < 4.78 is 62.9. The first-order valence-corrected chi connectivity index (χ1v) is 26.7. The van der Waals surface area contributed by atoms with Crippen molar-refractivity contribution in [1.29, 1.82) is 0 Å². The Balaban J connectivity index is 0.882. The van der Waals surface area contributed by atoms with E-state index < -0.39 is 55.7 Å². The van der Waals surface area contributed by atoms with Crippen LogP contribution in [0.1, 0.15) is 110 Å². The molecule has 1 unspecified atom stereocenters. The van der Waals surface area contributed by atoms with Crippen LogP contribution in [-0.2, 0) is 28.4 Å². The van der Waals surface area contributed by atoms with Crippen molar-refractivity contribution in [3.63, 3.8) is 0 Å². The van der Waals surface area contributed by atoms with Crippen LogP contribution in [0.2, 0.25) is 0 Å². The zero-order chi connectivity index (χ0) is 47.3. The SMILES string of the molecule is C[C@H](NP(=O)(Oc1ccccc1)[C@@H](F)c1ccc2sc(C(=O)N[C@H]3CC[C@H](N(C)C4CC(F)C4)C[C@H]4CC[C@@H](C(=O)N5C[C@H](c6ccccc6)CC56CC6)N4C3=O)cc2c1)C(=O)O[C@H]1CCOC1. The Bertz CT molecular complexity index is 2560. The van der Waals surface area contributed by atoms with Gasteiger partial charge >= 0.3 is 13.5 Å². The molecule has 2 N–H and O–H groups in total. The number of carbonyl (C=O) groups is 4. The Kier molecular flexibility index (Phi) is 13.3. The number of amides is 3. The summed E-state index contributed by atoms with van der Waals surface area (Å²) in [7, 11) is -2.49. The van der Waals surface area contributed by atoms with E-state index in [0.29, 0.717) is 79.5 Å². The zero-order valence-corrected chi connectivity index (χ0v) is 40.2. The van der Waals surface area contributed by atoms with Gasteiger partial charge in [-0.3, -0.25) is 23.7 Å². The molecular weight excluding hydrogens is 912 g/mol. The van der Waals surface area contributed by atoms with E-state index in [0.717, 1.165) is 19.3 Å². The topological polar surface area (TPSA) is 147 Å². The third kappa shape index (κ3) is 9.47. The van der Waals surface area contributed by atoms with Crippen molar-refractivity contribution in [3.8, 4) is 5.75 Å². The summed E-state index contributed by atoms with van der Waals surface area (Å²) in [6, 6.07) is 21.9. The number of carbonyl (C=O) groups excluding carboxylic acids is 4. The van der Waals surface area contributed by atoms with E-state index >= 15 is 4.39 Å². The summed E-state index contributed by atoms with van der Waals surface area (Å²) >= 11 is 1.18. The summed E-state index contributed by atoms with van der Waals surface area (Å²) in [6.45, 7) is 2.75. The molecule has 4 aromatic rings. The number of benzene rings is 3. The van der Waals surface area contributed by atoms with Crippen molar-refractivity contribution in [2.24, 2.45) is 0 Å². The molecule has 10 rings (SSSR count). The van der Waals surface area contributed by atoms with E-state index in [4.69, 9.17) is 14.0 Å². The van der Waals surface area contributed by atoms with Gasteiger partial charge in [-0.25, -0.2) is 13.9 Å². The lowest BCUT2D eigenvalue weighted by Gasteiger charge is -2.45. The highest BCUT2D eigenvalue weighted by Gasteiger charge is 2.59. The van der Waals surface area contributed by atoms with Crippen LogP contribution in [0.25, 0.3) is 10.1 Å². The van der Waals surface area contributed by atoms with Crippen LogP contribution in [0.15, 0.2) is 84.9 Å². The number of nitrogens with one attached hydrogen (secondary N) is 2. The van der Waals surface area contributed by atoms with Gasteiger partial charge in [-0.15, -0.1) is 11.3 Å². The lowest BCUT2D eigenvalue weighted by atomic mass is 9.86. The monoisotopic (exact) mass is 971 g/mol. The first-order valence-electron chi connectivity index (χ1n) is 24.2. The van der Waals surface area contributed by atoms with E-state index in [1.807, 2.05) is 25.2 Å². The molecule has 4 saturated heterocycles. The van der Waals surface area contributed by atoms with Gasteiger partial charge in [0.2, 0.25) is 17.7 Å². The summed E-state index contributed by atoms with van der Waals surface area (Å²) in [4.78, 5) is 63.5. The van der Waals surface area contributed by atoms with Crippen LogP contribution < -0.4 is 14.9 Å². The van der Waals surface area contributed by atoms with Crippen LogP contribution in [0.3, 0.4) is 0 Å². The molecule has 1 spiro atoms. The van der Waals surface area contributed by atoms with Gasteiger partial charge in [0.15, 0.2) is 0 Å². The second-order valence-corrected chi connectivity index (χ2v) is 23.0. The third-order valence-electron chi connectivity index (χ3n) is 15.4. The molecule has 6 fully saturated rings. The fraction of sp³-hybridized carbons (Fsp3) is 0.529. The van der Waals surface area contributed by atoms with Crippen LogP contribution >= 0.6 is 18.9 Å². The Labute approximate surface area is 399 Å². The Morgan fingerprint density at radius 3 is 2.40 bits per heavy atom. The minimum atomic E-state index is -4.52. The predicted molar refractivity (Wildman–Crippen MR) is 254 cm³/mol. The molecule has 3 amide bonds. The molecule has 2 saturated carbocycles. The van der Waals surface area contributed by atoms with Gasteiger partial charge in [0.1, 0.15) is 36.2 Å². The van der Waals surface area contributed by atoms with Crippen LogP contribution in [-0.4, -0.2) is 119 Å². The molecule has 2 aliphatic carbocycles. The zero-order valence-electron chi connectivity index (χ0n) is 38.5. The molecule has 13 nitrogen and oxygen atoms in total. The number of fused-ring (bicyclic) bond motifs is 2. The van der Waals surface area contributed by atoms with Gasteiger partial charge in [0.25, 0.3) is 5.91 Å². The van der Waals surface area contributed by atoms with Crippen molar-refractivity contribution in [2.75, 3.05) is 26.8 Å². The largest absolute Gasteiger partial charge is 0.459 e. The van der Waals surface area contributed by atoms with Gasteiger partial charge < -0.3 is 34.0 Å². The molecule has 1 aromatic heterocycles. The Hall–Kier alpha value is -4.73. The first-order chi connectivity index (χ1) is 32.8. The fourth-order valence-corrected chi connectivity index (χ4v) is 14.1. The highest BCUT2D eigenvalue weighted by molar-refractivity contribution is 7.57. The highest BCUT2D eigenvalue weighted by atomic mass is 32.1. The van der Waals surface area contributed by atoms with Crippen LogP contribution in [0, 0.1) is 0 Å². The number of ether oxygens (including phenoxy) is 2. The number of rotatable bonds is 14. The van der Waals surface area contributed by atoms with E-state index in [9.17, 15) is 28.1 Å². The molecule has 0 bridgehead atoms. The molecule has 4 aliphatic heterocycles. The van der Waals surface area contributed by atoms with Crippen molar-refractivity contribution >= 4 is 52.6 Å². The number of alkyl halides is 2. The normalized spacial score (nSPS) is 29.4. The molecular formula is C51H60F2N5O8PS. The fourth-order valence-electron chi connectivity index (χ4n) is 11.3. The minimum Gasteiger partial charge on any atom is -0.459 e. The maximum atomic E-state index is 16.8. The lowest BCUT2D eigenvalue weighted by Crippen LogP contribution is -2.59. The van der Waals surface area contributed by atoms with Gasteiger partial charge in [0, 0.05) is 47.2 Å². The summed E-state index contributed by atoms with van der Waals surface area (Å²) in [5.41, 5.74) is 1.04. The molecule has 9 atom stereocenters. The number of hydrogen-bond donors (Lipinski definition) is 2. The maximum Gasteiger partial charge on any atom is 0.355 e. The number of likely N-dealkylation sites (tertiary alicyclic amines) is 1. The molecule has 362 valence electrons. The first kappa shape index (κ1) is 47.0. The summed E-state index contributed by atoms with van der Waals surface area (Å²) in [5, 5.41) is 6.20. The third-order valence-corrected chi connectivity index (χ3v) is 18.6. The highest BCUT2D eigenvalue weighted by Crippen LogP contribution is 2.58. The number of para-hydroxylation sites is 1. The van der Waals surface area contributed by atoms with Crippen molar-refractivity contribution in [1.82, 2.24) is 25.1 Å². The number of esters is 1. The summed E-state index contributed by atoms with van der Waals surface area (Å²) in [5.74, 6) is -3.34. The smallest absolute Gasteiger partial charge is 0.355 e. The number of halogens is 2. The summed E-state index contributed by atoms with van der Waals surface area (Å²) in [6.07, 6.45) is 5.80.